The van der Waals surface area contributed by atoms with E-state index in [2.05, 4.69) is 10.3 Å². The van der Waals surface area contributed by atoms with Crippen LogP contribution in [0.15, 0.2) is 48.8 Å². The number of hydrogen-bond donors (Lipinski definition) is 1. The maximum absolute atomic E-state index is 13.3. The number of alkyl halides is 3. The zero-order valence-electron chi connectivity index (χ0n) is 12.4. The highest BCUT2D eigenvalue weighted by atomic mass is 19.4. The predicted octanol–water partition coefficient (Wildman–Crippen LogP) is 3.34. The van der Waals surface area contributed by atoms with Crippen molar-refractivity contribution in [2.24, 2.45) is 0 Å². The summed E-state index contributed by atoms with van der Waals surface area (Å²) in [5, 5.41) is 3.04. The first kappa shape index (κ1) is 17.2. The summed E-state index contributed by atoms with van der Waals surface area (Å²) in [7, 11) is 0. The summed E-state index contributed by atoms with van der Waals surface area (Å²) < 4.78 is 51.7. The number of pyridine rings is 1. The van der Waals surface area contributed by atoms with Gasteiger partial charge in [-0.2, -0.15) is 13.2 Å². The molecule has 2 heterocycles. The topological polar surface area (TPSA) is 28.2 Å². The van der Waals surface area contributed by atoms with Gasteiger partial charge in [0.05, 0.1) is 5.69 Å². The van der Waals surface area contributed by atoms with Gasteiger partial charge in [-0.25, -0.2) is 4.39 Å². The molecule has 1 saturated heterocycles. The van der Waals surface area contributed by atoms with Crippen LogP contribution >= 0.6 is 0 Å². The fourth-order valence-electron chi connectivity index (χ4n) is 2.28. The van der Waals surface area contributed by atoms with Crippen LogP contribution in [0.2, 0.25) is 0 Å². The van der Waals surface area contributed by atoms with Gasteiger partial charge < -0.3 is 10.2 Å². The Morgan fingerprint density at radius 2 is 1.61 bits per heavy atom. The third kappa shape index (κ3) is 4.92. The van der Waals surface area contributed by atoms with E-state index in [-0.39, 0.29) is 5.69 Å². The Morgan fingerprint density at radius 1 is 0.957 bits per heavy atom. The number of nitrogens with zero attached hydrogens (tertiary/aromatic N) is 2. The molecule has 2 aromatic rings. The van der Waals surface area contributed by atoms with Gasteiger partial charge in [-0.05, 0) is 24.3 Å². The summed E-state index contributed by atoms with van der Waals surface area (Å²) >= 11 is 0. The quantitative estimate of drug-likeness (QED) is 0.815. The molecule has 1 aromatic carbocycles. The molecule has 0 bridgehead atoms. The van der Waals surface area contributed by atoms with Gasteiger partial charge in [0.15, 0.2) is 0 Å². The van der Waals surface area contributed by atoms with E-state index in [0.29, 0.717) is 26.2 Å². The Balaban J connectivity index is 0.000000268. The number of nitrogens with one attached hydrogen (secondary N) is 1. The fraction of sp³-hybridized carbons (Fsp3) is 0.312. The molecule has 3 nitrogen and oxygen atoms in total. The molecule has 0 atom stereocenters. The fourth-order valence-corrected chi connectivity index (χ4v) is 2.28. The zero-order chi connectivity index (χ0) is 16.7. The van der Waals surface area contributed by atoms with Crippen molar-refractivity contribution in [1.29, 1.82) is 0 Å². The van der Waals surface area contributed by atoms with Crippen LogP contribution < -0.4 is 10.2 Å². The summed E-state index contributed by atoms with van der Waals surface area (Å²) in [6.45, 7) is 2.11. The molecule has 23 heavy (non-hydrogen) atoms. The largest absolute Gasteiger partial charge is 0.421 e. The third-order valence-corrected chi connectivity index (χ3v) is 3.30. The summed E-state index contributed by atoms with van der Waals surface area (Å²) in [4.78, 5) is 5.34. The molecule has 1 N–H and O–H groups in total. The van der Waals surface area contributed by atoms with Gasteiger partial charge in [0.25, 0.3) is 0 Å². The highest BCUT2D eigenvalue weighted by Crippen LogP contribution is 2.38. The SMILES string of the molecule is Fc1cccc(N2CCNCC2)c1C(F)(F)F.c1ccncc1. The van der Waals surface area contributed by atoms with Crippen LogP contribution in [0.5, 0.6) is 0 Å². The number of hydrogen-bond acceptors (Lipinski definition) is 3. The summed E-state index contributed by atoms with van der Waals surface area (Å²) in [6, 6.07) is 9.18. The van der Waals surface area contributed by atoms with Gasteiger partial charge in [-0.3, -0.25) is 4.98 Å². The second-order valence-electron chi connectivity index (χ2n) is 4.89. The average molecular weight is 327 g/mol. The number of benzene rings is 1. The minimum Gasteiger partial charge on any atom is -0.368 e. The van der Waals surface area contributed by atoms with Crippen LogP contribution in [0.1, 0.15) is 5.56 Å². The second-order valence-corrected chi connectivity index (χ2v) is 4.89. The molecular weight excluding hydrogens is 310 g/mol. The van der Waals surface area contributed by atoms with E-state index in [1.807, 2.05) is 18.2 Å². The lowest BCUT2D eigenvalue weighted by Crippen LogP contribution is -2.44. The first-order valence-corrected chi connectivity index (χ1v) is 7.16. The molecule has 1 fully saturated rings. The highest BCUT2D eigenvalue weighted by molar-refractivity contribution is 5.56. The van der Waals surface area contributed by atoms with E-state index in [1.165, 1.54) is 12.1 Å². The van der Waals surface area contributed by atoms with Crippen molar-refractivity contribution in [2.45, 2.75) is 6.18 Å². The first-order valence-electron chi connectivity index (χ1n) is 7.16. The molecule has 1 aliphatic heterocycles. The molecule has 3 rings (SSSR count). The van der Waals surface area contributed by atoms with Crippen molar-refractivity contribution in [3.63, 3.8) is 0 Å². The monoisotopic (exact) mass is 327 g/mol. The van der Waals surface area contributed by atoms with E-state index in [4.69, 9.17) is 0 Å². The lowest BCUT2D eigenvalue weighted by atomic mass is 10.1. The molecule has 0 spiro atoms. The van der Waals surface area contributed by atoms with Crippen LogP contribution in [-0.4, -0.2) is 31.2 Å². The van der Waals surface area contributed by atoms with Crippen molar-refractivity contribution in [1.82, 2.24) is 10.3 Å². The first-order chi connectivity index (χ1) is 11.0. The number of anilines is 1. The van der Waals surface area contributed by atoms with E-state index < -0.39 is 17.6 Å². The van der Waals surface area contributed by atoms with Crippen LogP contribution in [-0.2, 0) is 6.18 Å². The molecule has 1 aliphatic rings. The number of aromatic nitrogens is 1. The van der Waals surface area contributed by atoms with Crippen LogP contribution in [0.25, 0.3) is 0 Å². The molecule has 0 unspecified atom stereocenters. The van der Waals surface area contributed by atoms with Gasteiger partial charge >= 0.3 is 6.18 Å². The van der Waals surface area contributed by atoms with Crippen molar-refractivity contribution in [2.75, 3.05) is 31.1 Å². The minimum absolute atomic E-state index is 0.0704. The molecule has 0 amide bonds. The lowest BCUT2D eigenvalue weighted by Gasteiger charge is -2.31. The predicted molar refractivity (Wildman–Crippen MR) is 80.7 cm³/mol. The molecule has 1 aromatic heterocycles. The number of piperazine rings is 1. The Hall–Kier alpha value is -2.15. The summed E-state index contributed by atoms with van der Waals surface area (Å²) in [5.74, 6) is -1.21. The van der Waals surface area contributed by atoms with Crippen molar-refractivity contribution in [3.8, 4) is 0 Å². The zero-order valence-corrected chi connectivity index (χ0v) is 12.4. The highest BCUT2D eigenvalue weighted by Gasteiger charge is 2.38. The molecule has 0 aliphatic carbocycles. The van der Waals surface area contributed by atoms with Gasteiger partial charge in [-0.1, -0.05) is 12.1 Å². The smallest absolute Gasteiger partial charge is 0.368 e. The number of rotatable bonds is 1. The van der Waals surface area contributed by atoms with Crippen LogP contribution in [0.3, 0.4) is 0 Å². The van der Waals surface area contributed by atoms with E-state index in [0.717, 1.165) is 6.07 Å². The van der Waals surface area contributed by atoms with Crippen molar-refractivity contribution < 1.29 is 17.6 Å². The number of halogens is 4. The van der Waals surface area contributed by atoms with Crippen molar-refractivity contribution in [3.05, 3.63) is 60.2 Å². The van der Waals surface area contributed by atoms with E-state index >= 15 is 0 Å². The van der Waals surface area contributed by atoms with E-state index in [1.54, 1.807) is 17.3 Å². The Bertz CT molecular complexity index is 569. The van der Waals surface area contributed by atoms with Gasteiger partial charge in [-0.15, -0.1) is 0 Å². The third-order valence-electron chi connectivity index (χ3n) is 3.30. The maximum atomic E-state index is 13.3. The van der Waals surface area contributed by atoms with Crippen molar-refractivity contribution >= 4 is 5.69 Å². The van der Waals surface area contributed by atoms with Gasteiger partial charge in [0.1, 0.15) is 11.4 Å². The van der Waals surface area contributed by atoms with Crippen LogP contribution in [0, 0.1) is 5.82 Å². The molecular formula is C16H17F4N3. The Morgan fingerprint density at radius 3 is 2.09 bits per heavy atom. The molecule has 0 radical (unpaired) electrons. The van der Waals surface area contributed by atoms with Crippen LogP contribution in [0.4, 0.5) is 23.2 Å². The average Bonchev–Trinajstić information content (AvgIpc) is 2.56. The summed E-state index contributed by atoms with van der Waals surface area (Å²) in [6.07, 6.45) is -1.16. The molecule has 0 saturated carbocycles. The molecule has 7 heteroatoms. The standard InChI is InChI=1S/C11H12F4N2.C5H5N/c12-8-2-1-3-9(10(8)11(13,14)15)17-6-4-16-5-7-17;1-2-4-6-5-3-1/h1-3,16H,4-7H2;1-5H. The second kappa shape index (κ2) is 7.92. The summed E-state index contributed by atoms with van der Waals surface area (Å²) in [5.41, 5.74) is -1.24. The van der Waals surface area contributed by atoms with Gasteiger partial charge in [0.2, 0.25) is 0 Å². The maximum Gasteiger partial charge on any atom is 0.421 e. The Labute approximate surface area is 132 Å². The molecule has 124 valence electrons. The van der Waals surface area contributed by atoms with Gasteiger partial charge in [0, 0.05) is 38.6 Å². The lowest BCUT2D eigenvalue weighted by molar-refractivity contribution is -0.139. The van der Waals surface area contributed by atoms with E-state index in [9.17, 15) is 17.6 Å². The normalized spacial score (nSPS) is 14.9. The Kier molecular flexibility index (Phi) is 5.92. The minimum atomic E-state index is -4.66.